The zero-order valence-corrected chi connectivity index (χ0v) is 16.6. The van der Waals surface area contributed by atoms with Crippen LogP contribution >= 0.6 is 0 Å². The third-order valence-corrected chi connectivity index (χ3v) is 5.22. The van der Waals surface area contributed by atoms with Crippen molar-refractivity contribution in [1.82, 2.24) is 24.6 Å². The number of aromatic amines is 1. The minimum atomic E-state index is -4.43. The molecule has 30 heavy (non-hydrogen) atoms. The topological polar surface area (TPSA) is 70.1 Å². The van der Waals surface area contributed by atoms with Gasteiger partial charge in [0.2, 0.25) is 5.95 Å². The van der Waals surface area contributed by atoms with Crippen molar-refractivity contribution in [3.63, 3.8) is 0 Å². The second-order valence-corrected chi connectivity index (χ2v) is 7.35. The van der Waals surface area contributed by atoms with Gasteiger partial charge >= 0.3 is 6.18 Å². The van der Waals surface area contributed by atoms with Gasteiger partial charge in [-0.3, -0.25) is 9.89 Å². The molecule has 7 nitrogen and oxygen atoms in total. The molecule has 1 aromatic carbocycles. The number of nitrogens with one attached hydrogen (secondary N) is 1. The third-order valence-electron chi connectivity index (χ3n) is 5.22. The minimum Gasteiger partial charge on any atom is -0.338 e. The van der Waals surface area contributed by atoms with Gasteiger partial charge in [0.25, 0.3) is 5.56 Å². The van der Waals surface area contributed by atoms with Crippen LogP contribution in [0.3, 0.4) is 0 Å². The van der Waals surface area contributed by atoms with Crippen molar-refractivity contribution in [3.8, 4) is 16.9 Å². The number of rotatable bonds is 3. The fourth-order valence-electron chi connectivity index (χ4n) is 3.40. The highest BCUT2D eigenvalue weighted by Gasteiger charge is 2.30. The number of halogens is 3. The van der Waals surface area contributed by atoms with Crippen LogP contribution in [0.15, 0.2) is 41.3 Å². The normalized spacial score (nSPS) is 15.6. The molecule has 0 amide bonds. The number of hydrogen-bond acceptors (Lipinski definition) is 5. The first-order valence-electron chi connectivity index (χ1n) is 9.49. The highest BCUT2D eigenvalue weighted by atomic mass is 19.4. The van der Waals surface area contributed by atoms with Crippen LogP contribution in [0.5, 0.6) is 0 Å². The molecule has 0 aliphatic carbocycles. The lowest BCUT2D eigenvalue weighted by atomic mass is 10.2. The van der Waals surface area contributed by atoms with Crippen molar-refractivity contribution < 1.29 is 13.2 Å². The van der Waals surface area contributed by atoms with Crippen LogP contribution in [-0.4, -0.2) is 57.9 Å². The lowest BCUT2D eigenvalue weighted by Gasteiger charge is -2.32. The van der Waals surface area contributed by atoms with E-state index in [0.29, 0.717) is 28.6 Å². The van der Waals surface area contributed by atoms with E-state index < -0.39 is 11.7 Å². The number of anilines is 1. The number of nitrogens with zero attached hydrogens (tertiary/aromatic N) is 5. The fraction of sp³-hybridized carbons (Fsp3) is 0.350. The van der Waals surface area contributed by atoms with Gasteiger partial charge in [0.1, 0.15) is 0 Å². The molecule has 1 aliphatic heterocycles. The summed E-state index contributed by atoms with van der Waals surface area (Å²) in [5, 5.41) is 2.94. The Morgan fingerprint density at radius 3 is 2.33 bits per heavy atom. The number of H-pyrrole nitrogens is 1. The fourth-order valence-corrected chi connectivity index (χ4v) is 3.40. The van der Waals surface area contributed by atoms with Crippen molar-refractivity contribution in [1.29, 1.82) is 0 Å². The number of benzene rings is 1. The summed E-state index contributed by atoms with van der Waals surface area (Å²) in [5.74, 6) is 0.647. The van der Waals surface area contributed by atoms with E-state index in [4.69, 9.17) is 0 Å². The van der Waals surface area contributed by atoms with Gasteiger partial charge in [-0.25, -0.2) is 14.6 Å². The van der Waals surface area contributed by atoms with E-state index in [-0.39, 0.29) is 5.56 Å². The predicted molar refractivity (Wildman–Crippen MR) is 107 cm³/mol. The number of alkyl halides is 3. The Morgan fingerprint density at radius 2 is 1.73 bits per heavy atom. The summed E-state index contributed by atoms with van der Waals surface area (Å²) < 4.78 is 39.5. The molecule has 0 radical (unpaired) electrons. The maximum atomic E-state index is 12.8. The molecule has 3 aromatic rings. The summed E-state index contributed by atoms with van der Waals surface area (Å²) in [6.07, 6.45) is -2.76. The highest BCUT2D eigenvalue weighted by Crippen LogP contribution is 2.29. The minimum absolute atomic E-state index is 0.312. The van der Waals surface area contributed by atoms with Gasteiger partial charge < -0.3 is 9.80 Å². The molecule has 1 aliphatic rings. The molecule has 1 saturated heterocycles. The first kappa shape index (κ1) is 20.1. The molecule has 1 fully saturated rings. The van der Waals surface area contributed by atoms with E-state index in [1.54, 1.807) is 6.20 Å². The summed E-state index contributed by atoms with van der Waals surface area (Å²) >= 11 is 0. The van der Waals surface area contributed by atoms with Crippen LogP contribution in [0, 0.1) is 6.92 Å². The molecule has 0 saturated carbocycles. The molecular formula is C20H21F3N6O. The molecule has 0 unspecified atom stereocenters. The summed E-state index contributed by atoms with van der Waals surface area (Å²) in [6, 6.07) is 5.79. The summed E-state index contributed by atoms with van der Waals surface area (Å²) in [6.45, 7) is 5.40. The van der Waals surface area contributed by atoms with Crippen molar-refractivity contribution >= 4 is 5.95 Å². The number of piperazine rings is 1. The van der Waals surface area contributed by atoms with Crippen molar-refractivity contribution in [3.05, 3.63) is 58.1 Å². The van der Waals surface area contributed by atoms with E-state index in [2.05, 4.69) is 31.9 Å². The second-order valence-electron chi connectivity index (χ2n) is 7.35. The van der Waals surface area contributed by atoms with E-state index in [9.17, 15) is 18.0 Å². The van der Waals surface area contributed by atoms with Crippen molar-refractivity contribution in [2.45, 2.75) is 13.1 Å². The summed E-state index contributed by atoms with van der Waals surface area (Å²) in [4.78, 5) is 25.8. The molecule has 1 N–H and O–H groups in total. The Morgan fingerprint density at radius 1 is 1.07 bits per heavy atom. The average molecular weight is 418 g/mol. The second kappa shape index (κ2) is 7.60. The van der Waals surface area contributed by atoms with Gasteiger partial charge in [0.05, 0.1) is 22.6 Å². The zero-order valence-electron chi connectivity index (χ0n) is 16.6. The number of likely N-dealkylation sites (N-methyl/N-ethyl adjacent to an activating group) is 1. The Kier molecular flexibility index (Phi) is 5.10. The summed E-state index contributed by atoms with van der Waals surface area (Å²) in [5.41, 5.74) is 1.03. The lowest BCUT2D eigenvalue weighted by Crippen LogP contribution is -2.45. The first-order valence-corrected chi connectivity index (χ1v) is 9.49. The van der Waals surface area contributed by atoms with Gasteiger partial charge in [-0.1, -0.05) is 0 Å². The van der Waals surface area contributed by atoms with Gasteiger partial charge in [-0.05, 0) is 38.2 Å². The molecule has 158 valence electrons. The highest BCUT2D eigenvalue weighted by molar-refractivity contribution is 5.61. The van der Waals surface area contributed by atoms with Gasteiger partial charge in [-0.15, -0.1) is 0 Å². The van der Waals surface area contributed by atoms with E-state index >= 15 is 0 Å². The molecule has 3 heterocycles. The molecule has 0 bridgehead atoms. The van der Waals surface area contributed by atoms with Gasteiger partial charge in [0, 0.05) is 44.0 Å². The molecule has 0 atom stereocenters. The number of aryl methyl sites for hydroxylation is 1. The van der Waals surface area contributed by atoms with Crippen LogP contribution in [0.4, 0.5) is 19.1 Å². The maximum absolute atomic E-state index is 12.8. The van der Waals surface area contributed by atoms with Crippen LogP contribution in [-0.2, 0) is 6.18 Å². The van der Waals surface area contributed by atoms with Crippen LogP contribution in [0.2, 0.25) is 0 Å². The van der Waals surface area contributed by atoms with E-state index in [1.807, 2.05) is 6.92 Å². The standard InChI is InChI=1S/C20H21F3N6O/c1-13-16(12-24-19(25-13)28-9-7-27(2)8-10-28)17-11-18(30)29(26-17)15-5-3-14(4-6-15)20(21,22)23/h3-6,11-12,26H,7-10H2,1-2H3. The average Bonchev–Trinajstić information content (AvgIpc) is 3.09. The monoisotopic (exact) mass is 418 g/mol. The van der Waals surface area contributed by atoms with Crippen molar-refractivity contribution in [2.24, 2.45) is 0 Å². The van der Waals surface area contributed by atoms with Gasteiger partial charge in [0.15, 0.2) is 0 Å². The maximum Gasteiger partial charge on any atom is 0.416 e. The Labute approximate surface area is 170 Å². The van der Waals surface area contributed by atoms with Crippen LogP contribution < -0.4 is 10.5 Å². The van der Waals surface area contributed by atoms with Gasteiger partial charge in [-0.2, -0.15) is 13.2 Å². The summed E-state index contributed by atoms with van der Waals surface area (Å²) in [7, 11) is 2.07. The number of aromatic nitrogens is 4. The molecule has 4 rings (SSSR count). The first-order chi connectivity index (χ1) is 14.2. The number of hydrogen-bond donors (Lipinski definition) is 1. The molecule has 2 aromatic heterocycles. The van der Waals surface area contributed by atoms with E-state index in [0.717, 1.165) is 38.3 Å². The largest absolute Gasteiger partial charge is 0.416 e. The predicted octanol–water partition coefficient (Wildman–Crippen LogP) is 2.70. The van der Waals surface area contributed by atoms with Crippen molar-refractivity contribution in [2.75, 3.05) is 38.1 Å². The Hall–Kier alpha value is -3.14. The lowest BCUT2D eigenvalue weighted by molar-refractivity contribution is -0.137. The van der Waals surface area contributed by atoms with E-state index in [1.165, 1.54) is 22.9 Å². The van der Waals surface area contributed by atoms with Crippen LogP contribution in [0.1, 0.15) is 11.3 Å². The zero-order chi connectivity index (χ0) is 21.5. The molecule has 0 spiro atoms. The third kappa shape index (κ3) is 3.95. The Balaban J connectivity index is 1.61. The smallest absolute Gasteiger partial charge is 0.338 e. The quantitative estimate of drug-likeness (QED) is 0.708. The SMILES string of the molecule is Cc1nc(N2CCN(C)CC2)ncc1-c1cc(=O)n(-c2ccc(C(F)(F)F)cc2)[nH]1. The Bertz CT molecular complexity index is 1090. The molecule has 10 heteroatoms. The van der Waals surface area contributed by atoms with Crippen LogP contribution in [0.25, 0.3) is 16.9 Å². The molecular weight excluding hydrogens is 397 g/mol.